The maximum atomic E-state index is 10.4. The molecule has 0 aromatic rings. The summed E-state index contributed by atoms with van der Waals surface area (Å²) in [5.41, 5.74) is 4.65. The molecule has 0 aromatic carbocycles. The summed E-state index contributed by atoms with van der Waals surface area (Å²) in [4.78, 5) is 0. The van der Waals surface area contributed by atoms with Crippen LogP contribution in [0.15, 0.2) is 47.1 Å². The zero-order valence-electron chi connectivity index (χ0n) is 14.4. The Balaban J connectivity index is 2.90. The van der Waals surface area contributed by atoms with Gasteiger partial charge in [-0.05, 0) is 76.4 Å². The van der Waals surface area contributed by atoms with Gasteiger partial charge in [-0.15, -0.1) is 0 Å². The van der Waals surface area contributed by atoms with Crippen LogP contribution in [0.5, 0.6) is 0 Å². The van der Waals surface area contributed by atoms with E-state index in [4.69, 9.17) is 0 Å². The van der Waals surface area contributed by atoms with Gasteiger partial charge in [0, 0.05) is 0 Å². The van der Waals surface area contributed by atoms with Gasteiger partial charge in [-0.1, -0.05) is 36.0 Å². The molecule has 0 radical (unpaired) electrons. The van der Waals surface area contributed by atoms with E-state index in [1.807, 2.05) is 6.92 Å². The van der Waals surface area contributed by atoms with E-state index in [9.17, 15) is 10.2 Å². The molecule has 2 unspecified atom stereocenters. The average molecular weight is 304 g/mol. The summed E-state index contributed by atoms with van der Waals surface area (Å²) in [5, 5.41) is 19.8. The van der Waals surface area contributed by atoms with Crippen molar-refractivity contribution in [2.45, 2.75) is 65.4 Å². The quantitative estimate of drug-likeness (QED) is 0.726. The SMILES string of the molecule is C=C(CO)C1CC/C(C)=C\CC/C(C)=C\C/C=C(/C)C(O)C1. The van der Waals surface area contributed by atoms with Gasteiger partial charge in [0.25, 0.3) is 0 Å². The normalized spacial score (nSPS) is 32.7. The van der Waals surface area contributed by atoms with Gasteiger partial charge in [-0.2, -0.15) is 0 Å². The van der Waals surface area contributed by atoms with Crippen LogP contribution in [0.1, 0.15) is 59.3 Å². The molecule has 0 aromatic heterocycles. The van der Waals surface area contributed by atoms with E-state index in [-0.39, 0.29) is 12.5 Å². The number of hydrogen-bond donors (Lipinski definition) is 2. The zero-order valence-corrected chi connectivity index (χ0v) is 14.4. The topological polar surface area (TPSA) is 40.5 Å². The number of hydrogen-bond acceptors (Lipinski definition) is 2. The summed E-state index contributed by atoms with van der Waals surface area (Å²) >= 11 is 0. The predicted octanol–water partition coefficient (Wildman–Crippen LogP) is 4.71. The predicted molar refractivity (Wildman–Crippen MR) is 94.7 cm³/mol. The molecule has 0 fully saturated rings. The van der Waals surface area contributed by atoms with Gasteiger partial charge in [0.05, 0.1) is 12.7 Å². The van der Waals surface area contributed by atoms with Gasteiger partial charge in [-0.25, -0.2) is 0 Å². The lowest BCUT2D eigenvalue weighted by molar-refractivity contribution is 0.175. The molecule has 0 aliphatic heterocycles. The van der Waals surface area contributed by atoms with Crippen LogP contribution in [0, 0.1) is 5.92 Å². The van der Waals surface area contributed by atoms with E-state index in [1.54, 1.807) is 0 Å². The Morgan fingerprint density at radius 2 is 1.82 bits per heavy atom. The van der Waals surface area contributed by atoms with Crippen molar-refractivity contribution in [1.29, 1.82) is 0 Å². The van der Waals surface area contributed by atoms with Crippen molar-refractivity contribution in [2.24, 2.45) is 5.92 Å². The largest absolute Gasteiger partial charge is 0.392 e. The molecule has 0 bridgehead atoms. The molecular formula is C20H32O2. The summed E-state index contributed by atoms with van der Waals surface area (Å²) in [6.07, 6.45) is 11.9. The Morgan fingerprint density at radius 3 is 2.50 bits per heavy atom. The second-order valence-electron chi connectivity index (χ2n) is 6.63. The fourth-order valence-electron chi connectivity index (χ4n) is 2.81. The summed E-state index contributed by atoms with van der Waals surface area (Å²) in [7, 11) is 0. The van der Waals surface area contributed by atoms with Gasteiger partial charge in [0.15, 0.2) is 0 Å². The van der Waals surface area contributed by atoms with Crippen molar-refractivity contribution >= 4 is 0 Å². The van der Waals surface area contributed by atoms with E-state index in [0.29, 0.717) is 6.42 Å². The Kier molecular flexibility index (Phi) is 8.44. The Morgan fingerprint density at radius 1 is 1.14 bits per heavy atom. The Hall–Kier alpha value is -1.12. The third-order valence-electron chi connectivity index (χ3n) is 4.64. The van der Waals surface area contributed by atoms with Crippen molar-refractivity contribution in [3.05, 3.63) is 47.1 Å². The summed E-state index contributed by atoms with van der Waals surface area (Å²) in [6, 6.07) is 0. The maximum Gasteiger partial charge on any atom is 0.0753 e. The summed E-state index contributed by atoms with van der Waals surface area (Å²) in [6.45, 7) is 10.3. The molecule has 0 heterocycles. The second kappa shape index (κ2) is 9.81. The summed E-state index contributed by atoms with van der Waals surface area (Å²) in [5.74, 6) is 0.173. The minimum atomic E-state index is -0.450. The zero-order chi connectivity index (χ0) is 16.5. The van der Waals surface area contributed by atoms with Gasteiger partial charge in [-0.3, -0.25) is 0 Å². The lowest BCUT2D eigenvalue weighted by Gasteiger charge is -2.22. The molecule has 1 aliphatic rings. The molecule has 0 amide bonds. The van der Waals surface area contributed by atoms with E-state index in [2.05, 4.69) is 38.7 Å². The van der Waals surface area contributed by atoms with Crippen molar-refractivity contribution in [2.75, 3.05) is 6.61 Å². The minimum Gasteiger partial charge on any atom is -0.392 e. The lowest BCUT2D eigenvalue weighted by Crippen LogP contribution is -2.18. The molecule has 124 valence electrons. The van der Waals surface area contributed by atoms with E-state index < -0.39 is 6.10 Å². The lowest BCUT2D eigenvalue weighted by atomic mass is 9.86. The molecule has 2 nitrogen and oxygen atoms in total. The number of allylic oxidation sites excluding steroid dienone is 5. The first kappa shape index (κ1) is 18.9. The maximum absolute atomic E-state index is 10.4. The van der Waals surface area contributed by atoms with Gasteiger partial charge < -0.3 is 10.2 Å². The van der Waals surface area contributed by atoms with Crippen LogP contribution in [-0.2, 0) is 0 Å². The Bertz CT molecular complexity index is 454. The van der Waals surface area contributed by atoms with E-state index in [1.165, 1.54) is 11.1 Å². The molecule has 0 saturated heterocycles. The smallest absolute Gasteiger partial charge is 0.0753 e. The number of aliphatic hydroxyl groups excluding tert-OH is 2. The van der Waals surface area contributed by atoms with Crippen molar-refractivity contribution in [3.63, 3.8) is 0 Å². The fourth-order valence-corrected chi connectivity index (χ4v) is 2.81. The summed E-state index contributed by atoms with van der Waals surface area (Å²) < 4.78 is 0. The van der Waals surface area contributed by atoms with Crippen LogP contribution in [0.25, 0.3) is 0 Å². The molecule has 2 atom stereocenters. The molecular weight excluding hydrogens is 272 g/mol. The van der Waals surface area contributed by atoms with E-state index >= 15 is 0 Å². The van der Waals surface area contributed by atoms with Crippen LogP contribution in [0.2, 0.25) is 0 Å². The van der Waals surface area contributed by atoms with Crippen molar-refractivity contribution < 1.29 is 10.2 Å². The molecule has 1 rings (SSSR count). The third-order valence-corrected chi connectivity index (χ3v) is 4.64. The molecule has 2 N–H and O–H groups in total. The number of rotatable bonds is 2. The van der Waals surface area contributed by atoms with Crippen LogP contribution in [0.3, 0.4) is 0 Å². The minimum absolute atomic E-state index is 0.00480. The second-order valence-corrected chi connectivity index (χ2v) is 6.63. The van der Waals surface area contributed by atoms with E-state index in [0.717, 1.165) is 43.3 Å². The van der Waals surface area contributed by atoms with Crippen LogP contribution in [0.4, 0.5) is 0 Å². The van der Waals surface area contributed by atoms with Crippen LogP contribution >= 0.6 is 0 Å². The molecule has 0 spiro atoms. The standard InChI is InChI=1S/C20H32O2/c1-15-7-5-8-16(2)11-12-19(18(4)14-21)13-20(22)17(3)10-6-9-15/h8-10,19-22H,4-7,11-14H2,1-3H3/b15-9-,16-8-,17-10-. The highest BCUT2D eigenvalue weighted by atomic mass is 16.3. The third kappa shape index (κ3) is 6.76. The van der Waals surface area contributed by atoms with Crippen LogP contribution < -0.4 is 0 Å². The molecule has 2 heteroatoms. The first-order valence-corrected chi connectivity index (χ1v) is 8.38. The highest BCUT2D eigenvalue weighted by molar-refractivity contribution is 5.13. The van der Waals surface area contributed by atoms with Crippen LogP contribution in [-0.4, -0.2) is 22.9 Å². The molecule has 22 heavy (non-hydrogen) atoms. The molecule has 0 saturated carbocycles. The highest BCUT2D eigenvalue weighted by Crippen LogP contribution is 2.26. The monoisotopic (exact) mass is 304 g/mol. The first-order chi connectivity index (χ1) is 10.4. The van der Waals surface area contributed by atoms with Crippen molar-refractivity contribution in [1.82, 2.24) is 0 Å². The number of aliphatic hydroxyl groups is 2. The van der Waals surface area contributed by atoms with Crippen molar-refractivity contribution in [3.8, 4) is 0 Å². The van der Waals surface area contributed by atoms with Gasteiger partial charge in [0.1, 0.15) is 0 Å². The fraction of sp³-hybridized carbons (Fsp3) is 0.600. The van der Waals surface area contributed by atoms with Gasteiger partial charge in [0.2, 0.25) is 0 Å². The average Bonchev–Trinajstić information content (AvgIpc) is 2.49. The molecule has 1 aliphatic carbocycles. The highest BCUT2D eigenvalue weighted by Gasteiger charge is 2.18. The van der Waals surface area contributed by atoms with Gasteiger partial charge >= 0.3 is 0 Å². The Labute approximate surface area is 135 Å². The first-order valence-electron chi connectivity index (χ1n) is 8.38.